The minimum atomic E-state index is -0.0758. The van der Waals surface area contributed by atoms with Gasteiger partial charge in [0, 0.05) is 17.1 Å². The third-order valence-corrected chi connectivity index (χ3v) is 6.86. The quantitative estimate of drug-likeness (QED) is 0.753. The van der Waals surface area contributed by atoms with Crippen LogP contribution in [0, 0.1) is 22.7 Å². The van der Waals surface area contributed by atoms with Crippen LogP contribution in [0.3, 0.4) is 0 Å². The number of carbonyl (C=O) groups excluding carboxylic acids is 1. The Morgan fingerprint density at radius 2 is 2.04 bits per heavy atom. The van der Waals surface area contributed by atoms with Gasteiger partial charge in [-0.05, 0) is 55.2 Å². The fourth-order valence-electron chi connectivity index (χ4n) is 3.90. The summed E-state index contributed by atoms with van der Waals surface area (Å²) in [6.45, 7) is 9.92. The van der Waals surface area contributed by atoms with Gasteiger partial charge in [-0.3, -0.25) is 4.79 Å². The summed E-state index contributed by atoms with van der Waals surface area (Å²) in [5.41, 5.74) is 3.11. The van der Waals surface area contributed by atoms with E-state index in [0.29, 0.717) is 11.5 Å². The second-order valence-corrected chi connectivity index (χ2v) is 9.63. The van der Waals surface area contributed by atoms with Crippen molar-refractivity contribution >= 4 is 27.9 Å². The Bertz CT molecular complexity index is 874. The van der Waals surface area contributed by atoms with Gasteiger partial charge in [0.05, 0.1) is 12.1 Å². The van der Waals surface area contributed by atoms with Gasteiger partial charge in [0.1, 0.15) is 11.1 Å². The zero-order valence-corrected chi connectivity index (χ0v) is 18.0. The number of nitrogens with zero attached hydrogens (tertiary/aromatic N) is 2. The molecule has 1 heterocycles. The zero-order chi connectivity index (χ0) is 20.3. The molecule has 1 atom stereocenters. The van der Waals surface area contributed by atoms with E-state index in [1.165, 1.54) is 4.88 Å². The number of para-hydroxylation sites is 1. The van der Waals surface area contributed by atoms with Crippen LogP contribution in [-0.2, 0) is 17.6 Å². The Morgan fingerprint density at radius 1 is 1.32 bits per heavy atom. The van der Waals surface area contributed by atoms with Gasteiger partial charge in [-0.25, -0.2) is 0 Å². The molecule has 0 saturated carbocycles. The van der Waals surface area contributed by atoms with Crippen molar-refractivity contribution in [3.8, 4) is 6.07 Å². The van der Waals surface area contributed by atoms with Crippen LogP contribution in [0.1, 0.15) is 50.1 Å². The number of nitrogens with one attached hydrogen (secondary N) is 1. The highest BCUT2D eigenvalue weighted by Crippen LogP contribution is 2.43. The molecule has 1 aliphatic rings. The number of nitriles is 1. The van der Waals surface area contributed by atoms with E-state index in [2.05, 4.69) is 32.2 Å². The molecule has 1 aromatic carbocycles. The summed E-state index contributed by atoms with van der Waals surface area (Å²) >= 11 is 1.59. The highest BCUT2D eigenvalue weighted by molar-refractivity contribution is 7.16. The van der Waals surface area contributed by atoms with Gasteiger partial charge in [0.2, 0.25) is 5.91 Å². The van der Waals surface area contributed by atoms with Gasteiger partial charge in [0.15, 0.2) is 0 Å². The molecule has 0 spiro atoms. The first-order valence-corrected chi connectivity index (χ1v) is 10.8. The Labute approximate surface area is 172 Å². The fraction of sp³-hybridized carbons (Fsp3) is 0.478. The summed E-state index contributed by atoms with van der Waals surface area (Å²) < 4.78 is 0. The first-order valence-electron chi connectivity index (χ1n) is 9.98. The smallest absolute Gasteiger partial charge is 0.244 e. The van der Waals surface area contributed by atoms with E-state index in [1.54, 1.807) is 11.3 Å². The lowest BCUT2D eigenvalue weighted by atomic mass is 9.72. The van der Waals surface area contributed by atoms with Crippen LogP contribution in [0.2, 0.25) is 0 Å². The maximum absolute atomic E-state index is 12.7. The lowest BCUT2D eigenvalue weighted by molar-refractivity contribution is -0.114. The average Bonchev–Trinajstić information content (AvgIpc) is 3.02. The molecule has 3 rings (SSSR count). The van der Waals surface area contributed by atoms with Crippen molar-refractivity contribution < 1.29 is 4.79 Å². The summed E-state index contributed by atoms with van der Waals surface area (Å²) in [6.07, 6.45) is 3.03. The Balaban J connectivity index is 1.75. The van der Waals surface area contributed by atoms with E-state index in [1.807, 2.05) is 42.2 Å². The van der Waals surface area contributed by atoms with Gasteiger partial charge in [0.25, 0.3) is 0 Å². The molecule has 0 saturated heterocycles. The molecule has 0 unspecified atom stereocenters. The highest BCUT2D eigenvalue weighted by atomic mass is 32.1. The van der Waals surface area contributed by atoms with E-state index in [4.69, 9.17) is 0 Å². The fourth-order valence-corrected chi connectivity index (χ4v) is 5.19. The summed E-state index contributed by atoms with van der Waals surface area (Å²) in [5, 5.41) is 13.4. The minimum absolute atomic E-state index is 0.0758. The SMILES string of the molecule is CCN(CC(=O)Nc1sc2c(c1C#N)CC[C@H](C(C)(C)C)C2)c1ccccc1. The van der Waals surface area contributed by atoms with Crippen molar-refractivity contribution in [3.05, 3.63) is 46.3 Å². The molecule has 0 aliphatic heterocycles. The van der Waals surface area contributed by atoms with Gasteiger partial charge >= 0.3 is 0 Å². The Hall–Kier alpha value is -2.32. The molecule has 0 fully saturated rings. The Morgan fingerprint density at radius 3 is 2.64 bits per heavy atom. The molecule has 1 aromatic heterocycles. The zero-order valence-electron chi connectivity index (χ0n) is 17.2. The summed E-state index contributed by atoms with van der Waals surface area (Å²) in [4.78, 5) is 16.0. The molecule has 1 N–H and O–H groups in total. The van der Waals surface area contributed by atoms with Crippen LogP contribution in [-0.4, -0.2) is 19.0 Å². The molecule has 4 nitrogen and oxygen atoms in total. The van der Waals surface area contributed by atoms with Crippen LogP contribution >= 0.6 is 11.3 Å². The number of carbonyl (C=O) groups is 1. The van der Waals surface area contributed by atoms with E-state index in [0.717, 1.165) is 42.1 Å². The molecule has 1 amide bonds. The second-order valence-electron chi connectivity index (χ2n) is 8.52. The number of fused-ring (bicyclic) bond motifs is 1. The number of anilines is 2. The number of hydrogen-bond donors (Lipinski definition) is 1. The first-order chi connectivity index (χ1) is 13.3. The third kappa shape index (κ3) is 4.39. The van der Waals surface area contributed by atoms with Crippen LogP contribution in [0.15, 0.2) is 30.3 Å². The number of likely N-dealkylation sites (N-methyl/N-ethyl adjacent to an activating group) is 1. The lowest BCUT2D eigenvalue weighted by Crippen LogP contribution is -2.33. The minimum Gasteiger partial charge on any atom is -0.362 e. The third-order valence-electron chi connectivity index (χ3n) is 5.69. The number of hydrogen-bond acceptors (Lipinski definition) is 4. The van der Waals surface area contributed by atoms with E-state index in [9.17, 15) is 10.1 Å². The molecular weight excluding hydrogens is 366 g/mol. The van der Waals surface area contributed by atoms with E-state index in [-0.39, 0.29) is 17.9 Å². The van der Waals surface area contributed by atoms with Gasteiger partial charge in [-0.1, -0.05) is 39.0 Å². The van der Waals surface area contributed by atoms with Crippen molar-refractivity contribution in [2.75, 3.05) is 23.3 Å². The van der Waals surface area contributed by atoms with Crippen molar-refractivity contribution in [1.82, 2.24) is 0 Å². The highest BCUT2D eigenvalue weighted by Gasteiger charge is 2.32. The van der Waals surface area contributed by atoms with E-state index >= 15 is 0 Å². The Kier molecular flexibility index (Phi) is 6.10. The van der Waals surface area contributed by atoms with Crippen molar-refractivity contribution in [2.24, 2.45) is 11.3 Å². The molecule has 0 bridgehead atoms. The van der Waals surface area contributed by atoms with Gasteiger partial charge < -0.3 is 10.2 Å². The first kappa shape index (κ1) is 20.4. The van der Waals surface area contributed by atoms with Crippen molar-refractivity contribution in [3.63, 3.8) is 0 Å². The number of rotatable bonds is 5. The molecule has 0 radical (unpaired) electrons. The number of thiophene rings is 1. The predicted octanol–water partition coefficient (Wildman–Crippen LogP) is 5.24. The standard InChI is InChI=1S/C23H29N3OS/c1-5-26(17-9-7-6-8-10-17)15-21(27)25-22-19(14-24)18-12-11-16(23(2,3)4)13-20(18)28-22/h6-10,16H,5,11-13,15H2,1-4H3,(H,25,27)/t16-/m0/s1. The lowest BCUT2D eigenvalue weighted by Gasteiger charge is -2.33. The molecule has 1 aliphatic carbocycles. The van der Waals surface area contributed by atoms with Crippen LogP contribution in [0.5, 0.6) is 0 Å². The van der Waals surface area contributed by atoms with Gasteiger partial charge in [-0.15, -0.1) is 11.3 Å². The summed E-state index contributed by atoms with van der Waals surface area (Å²) in [5.74, 6) is 0.538. The molecule has 5 heteroatoms. The topological polar surface area (TPSA) is 56.1 Å². The maximum Gasteiger partial charge on any atom is 0.244 e. The van der Waals surface area contributed by atoms with E-state index < -0.39 is 0 Å². The summed E-state index contributed by atoms with van der Waals surface area (Å²) in [6, 6.07) is 12.3. The molecule has 148 valence electrons. The van der Waals surface area contributed by atoms with Crippen LogP contribution < -0.4 is 10.2 Å². The predicted molar refractivity (Wildman–Crippen MR) is 117 cm³/mol. The van der Waals surface area contributed by atoms with Gasteiger partial charge in [-0.2, -0.15) is 5.26 Å². The monoisotopic (exact) mass is 395 g/mol. The summed E-state index contributed by atoms with van der Waals surface area (Å²) in [7, 11) is 0. The van der Waals surface area contributed by atoms with Crippen molar-refractivity contribution in [1.29, 1.82) is 5.26 Å². The number of amides is 1. The van der Waals surface area contributed by atoms with Crippen LogP contribution in [0.4, 0.5) is 10.7 Å². The second kappa shape index (κ2) is 8.36. The molecule has 28 heavy (non-hydrogen) atoms. The number of benzene rings is 1. The van der Waals surface area contributed by atoms with Crippen molar-refractivity contribution in [2.45, 2.75) is 47.0 Å². The molecular formula is C23H29N3OS. The average molecular weight is 396 g/mol. The largest absolute Gasteiger partial charge is 0.362 e. The normalized spacial score (nSPS) is 16.2. The molecule has 2 aromatic rings. The maximum atomic E-state index is 12.7. The van der Waals surface area contributed by atoms with Crippen LogP contribution in [0.25, 0.3) is 0 Å².